The molecule has 6 heteroatoms. The van der Waals surface area contributed by atoms with Crippen LogP contribution in [0.2, 0.25) is 0 Å². The zero-order valence-corrected chi connectivity index (χ0v) is 15.3. The SMILES string of the molecule is C=CCN([C@@]1(C(=O)OC)C[C@H]2C=C[C@@H]1C2)S(=O)(=O)c1ccc(C)cc1. The molecule has 0 N–H and O–H groups in total. The minimum absolute atomic E-state index is 0.0579. The molecule has 5 nitrogen and oxygen atoms in total. The highest BCUT2D eigenvalue weighted by atomic mass is 32.2. The fourth-order valence-corrected chi connectivity index (χ4v) is 5.81. The summed E-state index contributed by atoms with van der Waals surface area (Å²) in [5, 5.41) is 0. The molecule has 0 aliphatic heterocycles. The van der Waals surface area contributed by atoms with Crippen molar-refractivity contribution < 1.29 is 17.9 Å². The lowest BCUT2D eigenvalue weighted by Gasteiger charge is -2.41. The Labute approximate surface area is 149 Å². The van der Waals surface area contributed by atoms with E-state index in [-0.39, 0.29) is 23.3 Å². The van der Waals surface area contributed by atoms with Gasteiger partial charge in [0.15, 0.2) is 0 Å². The topological polar surface area (TPSA) is 63.7 Å². The zero-order chi connectivity index (χ0) is 18.2. The van der Waals surface area contributed by atoms with Crippen molar-refractivity contribution in [2.24, 2.45) is 11.8 Å². The first-order valence-electron chi connectivity index (χ1n) is 8.33. The Morgan fingerprint density at radius 2 is 2.04 bits per heavy atom. The Hall–Kier alpha value is -1.92. The minimum atomic E-state index is -3.87. The van der Waals surface area contributed by atoms with Gasteiger partial charge in [-0.05, 0) is 37.8 Å². The minimum Gasteiger partial charge on any atom is -0.468 e. The van der Waals surface area contributed by atoms with Gasteiger partial charge in [0.25, 0.3) is 0 Å². The number of aryl methyl sites for hydroxylation is 1. The monoisotopic (exact) mass is 361 g/mol. The molecule has 2 aliphatic carbocycles. The normalized spacial score (nSPS) is 27.6. The number of sulfonamides is 1. The first-order valence-corrected chi connectivity index (χ1v) is 9.77. The van der Waals surface area contributed by atoms with E-state index in [4.69, 9.17) is 4.74 Å². The number of carbonyl (C=O) groups is 1. The Kier molecular flexibility index (Phi) is 4.60. The van der Waals surface area contributed by atoms with Crippen LogP contribution in [-0.2, 0) is 19.6 Å². The van der Waals surface area contributed by atoms with Gasteiger partial charge in [0.1, 0.15) is 5.54 Å². The molecule has 2 aliphatic rings. The van der Waals surface area contributed by atoms with E-state index in [1.54, 1.807) is 24.3 Å². The smallest absolute Gasteiger partial charge is 0.327 e. The maximum absolute atomic E-state index is 13.4. The van der Waals surface area contributed by atoms with Gasteiger partial charge in [0.2, 0.25) is 10.0 Å². The summed E-state index contributed by atoms with van der Waals surface area (Å²) >= 11 is 0. The fourth-order valence-electron chi connectivity index (χ4n) is 4.06. The van der Waals surface area contributed by atoms with E-state index < -0.39 is 21.5 Å². The fraction of sp³-hybridized carbons (Fsp3) is 0.421. The average Bonchev–Trinajstić information content (AvgIpc) is 3.20. The molecule has 0 radical (unpaired) electrons. The summed E-state index contributed by atoms with van der Waals surface area (Å²) in [6, 6.07) is 6.67. The Bertz CT molecular complexity index is 812. The number of rotatable bonds is 6. The average molecular weight is 361 g/mol. The highest BCUT2D eigenvalue weighted by Gasteiger charge is 2.60. The van der Waals surface area contributed by atoms with Crippen LogP contribution >= 0.6 is 0 Å². The van der Waals surface area contributed by atoms with Gasteiger partial charge in [-0.2, -0.15) is 4.31 Å². The maximum Gasteiger partial charge on any atom is 0.327 e. The lowest BCUT2D eigenvalue weighted by Crippen LogP contribution is -2.59. The van der Waals surface area contributed by atoms with Gasteiger partial charge >= 0.3 is 5.97 Å². The standard InChI is InChI=1S/C19H23NO4S/c1-4-11-20(25(22,23)17-9-5-14(2)6-10-17)19(18(21)24-3)13-15-7-8-16(19)12-15/h4-10,15-16H,1,11-13H2,2-3H3/t15-,16+,19-/m0/s1. The molecule has 1 aromatic rings. The van der Waals surface area contributed by atoms with Crippen LogP contribution in [0.5, 0.6) is 0 Å². The second-order valence-corrected chi connectivity index (χ2v) is 8.61. The van der Waals surface area contributed by atoms with Gasteiger partial charge < -0.3 is 4.74 Å². The molecule has 0 spiro atoms. The van der Waals surface area contributed by atoms with Gasteiger partial charge in [-0.25, -0.2) is 13.2 Å². The molecule has 3 rings (SSSR count). The Morgan fingerprint density at radius 1 is 1.36 bits per heavy atom. The first kappa shape index (κ1) is 17.9. The largest absolute Gasteiger partial charge is 0.468 e. The van der Waals surface area contributed by atoms with Gasteiger partial charge in [-0.1, -0.05) is 35.9 Å². The van der Waals surface area contributed by atoms with Crippen LogP contribution in [-0.4, -0.2) is 37.9 Å². The van der Waals surface area contributed by atoms with Gasteiger partial charge in [-0.3, -0.25) is 0 Å². The molecule has 0 saturated heterocycles. The van der Waals surface area contributed by atoms with E-state index in [0.717, 1.165) is 12.0 Å². The number of nitrogens with zero attached hydrogens (tertiary/aromatic N) is 1. The van der Waals surface area contributed by atoms with Crippen molar-refractivity contribution in [3.8, 4) is 0 Å². The van der Waals surface area contributed by atoms with Crippen molar-refractivity contribution in [1.82, 2.24) is 4.31 Å². The summed E-state index contributed by atoms with van der Waals surface area (Å²) in [4.78, 5) is 13.0. The number of hydrogen-bond donors (Lipinski definition) is 0. The van der Waals surface area contributed by atoms with Crippen LogP contribution in [0, 0.1) is 18.8 Å². The number of ether oxygens (including phenoxy) is 1. The third-order valence-electron chi connectivity index (χ3n) is 5.25. The molecule has 134 valence electrons. The Balaban J connectivity index is 2.13. The van der Waals surface area contributed by atoms with Crippen LogP contribution in [0.25, 0.3) is 0 Å². The van der Waals surface area contributed by atoms with E-state index in [1.807, 2.05) is 13.0 Å². The molecule has 0 aromatic heterocycles. The van der Waals surface area contributed by atoms with E-state index in [9.17, 15) is 13.2 Å². The van der Waals surface area contributed by atoms with Gasteiger partial charge in [0, 0.05) is 12.5 Å². The number of methoxy groups -OCH3 is 1. The Morgan fingerprint density at radius 3 is 2.52 bits per heavy atom. The third-order valence-corrected chi connectivity index (χ3v) is 7.17. The molecule has 1 saturated carbocycles. The van der Waals surface area contributed by atoms with E-state index in [1.165, 1.54) is 17.5 Å². The van der Waals surface area contributed by atoms with Crippen molar-refractivity contribution in [3.63, 3.8) is 0 Å². The molecule has 0 unspecified atom stereocenters. The molecule has 0 amide bonds. The van der Waals surface area contributed by atoms with Crippen LogP contribution in [0.1, 0.15) is 18.4 Å². The second-order valence-electron chi connectivity index (χ2n) is 6.75. The van der Waals surface area contributed by atoms with Crippen molar-refractivity contribution in [2.75, 3.05) is 13.7 Å². The molecule has 25 heavy (non-hydrogen) atoms. The predicted octanol–water partition coefficient (Wildman–Crippen LogP) is 2.68. The van der Waals surface area contributed by atoms with Crippen LogP contribution in [0.4, 0.5) is 0 Å². The van der Waals surface area contributed by atoms with Crippen molar-refractivity contribution in [3.05, 3.63) is 54.6 Å². The van der Waals surface area contributed by atoms with Gasteiger partial charge in [-0.15, -0.1) is 6.58 Å². The third kappa shape index (κ3) is 2.73. The highest BCUT2D eigenvalue weighted by Crippen LogP contribution is 2.51. The summed E-state index contributed by atoms with van der Waals surface area (Å²) in [7, 11) is -2.56. The van der Waals surface area contributed by atoms with Crippen molar-refractivity contribution in [1.29, 1.82) is 0 Å². The summed E-state index contributed by atoms with van der Waals surface area (Å²) in [5.74, 6) is -0.475. The van der Waals surface area contributed by atoms with Crippen LogP contribution in [0.15, 0.2) is 54.0 Å². The lowest BCUT2D eigenvalue weighted by atomic mass is 9.84. The second kappa shape index (κ2) is 6.42. The predicted molar refractivity (Wildman–Crippen MR) is 95.4 cm³/mol. The number of allylic oxidation sites excluding steroid dienone is 1. The molecular weight excluding hydrogens is 338 g/mol. The van der Waals surface area contributed by atoms with Gasteiger partial charge in [0.05, 0.1) is 12.0 Å². The number of benzene rings is 1. The molecule has 1 aromatic carbocycles. The number of hydrogen-bond acceptors (Lipinski definition) is 4. The highest BCUT2D eigenvalue weighted by molar-refractivity contribution is 7.89. The quantitative estimate of drug-likeness (QED) is 0.577. The van der Waals surface area contributed by atoms with Crippen molar-refractivity contribution in [2.45, 2.75) is 30.2 Å². The lowest BCUT2D eigenvalue weighted by molar-refractivity contribution is -0.153. The number of fused-ring (bicyclic) bond motifs is 2. The molecule has 0 heterocycles. The summed E-state index contributed by atoms with van der Waals surface area (Å²) in [6.07, 6.45) is 6.75. The molecule has 2 bridgehead atoms. The zero-order valence-electron chi connectivity index (χ0n) is 14.5. The van der Waals surface area contributed by atoms with Crippen molar-refractivity contribution >= 4 is 16.0 Å². The van der Waals surface area contributed by atoms with Crippen LogP contribution < -0.4 is 0 Å². The molecular formula is C19H23NO4S. The van der Waals surface area contributed by atoms with E-state index in [0.29, 0.717) is 6.42 Å². The van der Waals surface area contributed by atoms with E-state index in [2.05, 4.69) is 12.7 Å². The van der Waals surface area contributed by atoms with E-state index >= 15 is 0 Å². The van der Waals surface area contributed by atoms with Crippen LogP contribution in [0.3, 0.4) is 0 Å². The maximum atomic E-state index is 13.4. The number of esters is 1. The summed E-state index contributed by atoms with van der Waals surface area (Å²) < 4.78 is 33.1. The number of carbonyl (C=O) groups excluding carboxylic acids is 1. The summed E-state index contributed by atoms with van der Waals surface area (Å²) in [5.41, 5.74) is -0.230. The summed E-state index contributed by atoms with van der Waals surface area (Å²) in [6.45, 7) is 5.65. The molecule has 3 atom stereocenters. The molecule has 1 fully saturated rings. The first-order chi connectivity index (χ1) is 11.9.